The Morgan fingerprint density at radius 3 is 2.24 bits per heavy atom. The summed E-state index contributed by atoms with van der Waals surface area (Å²) in [5.74, 6) is -5.59. The summed E-state index contributed by atoms with van der Waals surface area (Å²) < 4.78 is 0. The minimum Gasteiger partial charge on any atom is -0.481 e. The molecule has 0 unspecified atom stereocenters. The lowest BCUT2D eigenvalue weighted by Crippen LogP contribution is -2.61. The molecular weight excluding hydrogens is 456 g/mol. The van der Waals surface area contributed by atoms with E-state index in [1.54, 1.807) is 0 Å². The standard InChI is InChI=1S/C19H32N6O9/c20-6-2-1-4-12(17(31)25-7-3-5-19(25,10-22-34)18(32)33)23-16(30)13(8-14(27)28)24-15(29)11(21)9-26/h11-13,26H,1-10,20-21H2,(H,23,30)(H,24,29)(H,27,28)(H,32,33)/t11-,12-,13-,19+/m0/s1. The SMILES string of the molecule is NCCCC[C@H](NC(=O)[C@H](CC(=O)O)NC(=O)[C@@H](N)CO)C(=O)N1CCC[C@@]1(CN=O)C(=O)O. The van der Waals surface area contributed by atoms with Crippen LogP contribution in [0.25, 0.3) is 0 Å². The number of aliphatic hydroxyl groups is 1. The fraction of sp³-hybridized carbons (Fsp3) is 0.737. The second kappa shape index (κ2) is 13.5. The lowest BCUT2D eigenvalue weighted by molar-refractivity contribution is -0.157. The van der Waals surface area contributed by atoms with Crippen LogP contribution in [0, 0.1) is 4.91 Å². The molecule has 0 aromatic heterocycles. The van der Waals surface area contributed by atoms with Crippen LogP contribution >= 0.6 is 0 Å². The van der Waals surface area contributed by atoms with Gasteiger partial charge in [0.15, 0.2) is 5.54 Å². The van der Waals surface area contributed by atoms with Crippen molar-refractivity contribution in [3.05, 3.63) is 4.91 Å². The Bertz CT molecular complexity index is 779. The summed E-state index contributed by atoms with van der Waals surface area (Å²) in [7, 11) is 0. The minimum atomic E-state index is -1.85. The molecule has 1 aliphatic heterocycles. The van der Waals surface area contributed by atoms with Crippen molar-refractivity contribution in [3.8, 4) is 0 Å². The number of aliphatic hydroxyl groups excluding tert-OH is 1. The van der Waals surface area contributed by atoms with Crippen LogP contribution < -0.4 is 22.1 Å². The summed E-state index contributed by atoms with van der Waals surface area (Å²) in [4.78, 5) is 73.2. The molecule has 1 aliphatic rings. The smallest absolute Gasteiger partial charge is 0.331 e. The first-order valence-electron chi connectivity index (χ1n) is 10.8. The van der Waals surface area contributed by atoms with E-state index in [0.29, 0.717) is 25.8 Å². The Morgan fingerprint density at radius 1 is 1.06 bits per heavy atom. The third-order valence-corrected chi connectivity index (χ3v) is 5.59. The largest absolute Gasteiger partial charge is 0.481 e. The third-order valence-electron chi connectivity index (χ3n) is 5.59. The zero-order valence-corrected chi connectivity index (χ0v) is 18.6. The first kappa shape index (κ1) is 28.9. The highest BCUT2D eigenvalue weighted by Crippen LogP contribution is 2.31. The highest BCUT2D eigenvalue weighted by Gasteiger charge is 2.51. The van der Waals surface area contributed by atoms with Crippen molar-refractivity contribution in [1.29, 1.82) is 0 Å². The Hall–Kier alpha value is -3.17. The number of likely N-dealkylation sites (tertiary alicyclic amines) is 1. The van der Waals surface area contributed by atoms with E-state index in [0.717, 1.165) is 4.90 Å². The van der Waals surface area contributed by atoms with Gasteiger partial charge in [-0.2, -0.15) is 4.91 Å². The summed E-state index contributed by atoms with van der Waals surface area (Å²) in [6, 6.07) is -4.29. The number of carboxylic acid groups (broad SMARTS) is 2. The van der Waals surface area contributed by atoms with Crippen molar-refractivity contribution >= 4 is 29.7 Å². The van der Waals surface area contributed by atoms with E-state index in [1.165, 1.54) is 0 Å². The maximum atomic E-state index is 13.3. The monoisotopic (exact) mass is 488 g/mol. The highest BCUT2D eigenvalue weighted by molar-refractivity contribution is 5.96. The number of nitrogens with zero attached hydrogens (tertiary/aromatic N) is 2. The van der Waals surface area contributed by atoms with Crippen molar-refractivity contribution in [1.82, 2.24) is 15.5 Å². The van der Waals surface area contributed by atoms with Gasteiger partial charge in [0.2, 0.25) is 17.7 Å². The van der Waals surface area contributed by atoms with Gasteiger partial charge in [0.25, 0.3) is 0 Å². The lowest BCUT2D eigenvalue weighted by Gasteiger charge is -2.35. The number of nitrogens with one attached hydrogen (secondary N) is 2. The number of rotatable bonds is 15. The van der Waals surface area contributed by atoms with Crippen molar-refractivity contribution in [2.45, 2.75) is 62.2 Å². The van der Waals surface area contributed by atoms with Crippen LogP contribution in [0.3, 0.4) is 0 Å². The maximum Gasteiger partial charge on any atom is 0.331 e. The molecule has 1 saturated heterocycles. The zero-order chi connectivity index (χ0) is 25.9. The summed E-state index contributed by atoms with van der Waals surface area (Å²) in [5.41, 5.74) is 9.03. The van der Waals surface area contributed by atoms with Gasteiger partial charge in [-0.1, -0.05) is 5.18 Å². The van der Waals surface area contributed by atoms with Gasteiger partial charge in [-0.3, -0.25) is 19.2 Å². The van der Waals surface area contributed by atoms with Crippen LogP contribution in [-0.2, 0) is 24.0 Å². The van der Waals surface area contributed by atoms with Crippen molar-refractivity contribution in [2.75, 3.05) is 26.2 Å². The fourth-order valence-electron chi connectivity index (χ4n) is 3.72. The maximum absolute atomic E-state index is 13.3. The lowest BCUT2D eigenvalue weighted by atomic mass is 9.95. The second-order valence-electron chi connectivity index (χ2n) is 8.01. The van der Waals surface area contributed by atoms with E-state index in [4.69, 9.17) is 21.7 Å². The number of aliphatic carboxylic acids is 2. The van der Waals surface area contributed by atoms with E-state index in [1.807, 2.05) is 0 Å². The van der Waals surface area contributed by atoms with Gasteiger partial charge in [0.1, 0.15) is 24.7 Å². The molecular formula is C19H32N6O9. The molecule has 0 saturated carbocycles. The molecule has 1 heterocycles. The Labute approximate surface area is 195 Å². The molecule has 4 atom stereocenters. The molecule has 0 aliphatic carbocycles. The molecule has 192 valence electrons. The van der Waals surface area contributed by atoms with Gasteiger partial charge in [-0.25, -0.2) is 4.79 Å². The number of nitroso groups, excluding NO2 is 1. The number of unbranched alkanes of at least 4 members (excludes halogenated alkanes) is 1. The number of nitrogens with two attached hydrogens (primary N) is 2. The average Bonchev–Trinajstić information content (AvgIpc) is 3.21. The van der Waals surface area contributed by atoms with Crippen LogP contribution in [0.4, 0.5) is 0 Å². The number of carboxylic acids is 2. The molecule has 0 spiro atoms. The molecule has 0 radical (unpaired) electrons. The number of hydrogen-bond donors (Lipinski definition) is 7. The summed E-state index contributed by atoms with van der Waals surface area (Å²) in [6.45, 7) is -1.10. The van der Waals surface area contributed by atoms with Crippen LogP contribution in [0.2, 0.25) is 0 Å². The molecule has 0 bridgehead atoms. The number of carbonyl (C=O) groups is 5. The summed E-state index contributed by atoms with van der Waals surface area (Å²) >= 11 is 0. The fourth-order valence-corrected chi connectivity index (χ4v) is 3.72. The minimum absolute atomic E-state index is 0.0000243. The molecule has 0 aromatic carbocycles. The number of carbonyl (C=O) groups excluding carboxylic acids is 3. The number of hydrogen-bond acceptors (Lipinski definition) is 10. The molecule has 9 N–H and O–H groups in total. The first-order valence-corrected chi connectivity index (χ1v) is 10.8. The molecule has 3 amide bonds. The summed E-state index contributed by atoms with van der Waals surface area (Å²) in [6.07, 6.45) is 0.371. The zero-order valence-electron chi connectivity index (χ0n) is 18.6. The van der Waals surface area contributed by atoms with E-state index < -0.39 is 72.9 Å². The second-order valence-corrected chi connectivity index (χ2v) is 8.01. The van der Waals surface area contributed by atoms with Crippen LogP contribution in [0.15, 0.2) is 5.18 Å². The molecule has 15 nitrogen and oxygen atoms in total. The van der Waals surface area contributed by atoms with Crippen LogP contribution in [0.5, 0.6) is 0 Å². The molecule has 0 aromatic rings. The molecule has 1 fully saturated rings. The van der Waals surface area contributed by atoms with Gasteiger partial charge in [0, 0.05) is 6.54 Å². The van der Waals surface area contributed by atoms with Crippen molar-refractivity contribution < 1.29 is 39.3 Å². The van der Waals surface area contributed by atoms with Crippen LogP contribution in [-0.4, -0.2) is 99.8 Å². The number of amides is 3. The van der Waals surface area contributed by atoms with Crippen molar-refractivity contribution in [3.63, 3.8) is 0 Å². The summed E-state index contributed by atoms with van der Waals surface area (Å²) in [5, 5.41) is 35.0. The predicted molar refractivity (Wildman–Crippen MR) is 116 cm³/mol. The van der Waals surface area contributed by atoms with E-state index in [9.17, 15) is 34.0 Å². The Morgan fingerprint density at radius 2 is 1.71 bits per heavy atom. The van der Waals surface area contributed by atoms with E-state index in [2.05, 4.69) is 15.8 Å². The van der Waals surface area contributed by atoms with Gasteiger partial charge >= 0.3 is 11.9 Å². The molecule has 15 heteroatoms. The molecule has 1 rings (SSSR count). The normalized spacial score (nSPS) is 20.1. The molecule has 34 heavy (non-hydrogen) atoms. The first-order chi connectivity index (χ1) is 16.0. The van der Waals surface area contributed by atoms with Gasteiger partial charge < -0.3 is 42.3 Å². The Balaban J connectivity index is 3.16. The third kappa shape index (κ3) is 7.43. The topological polar surface area (TPSA) is 255 Å². The van der Waals surface area contributed by atoms with Gasteiger partial charge in [-0.15, -0.1) is 0 Å². The van der Waals surface area contributed by atoms with E-state index in [-0.39, 0.29) is 19.4 Å². The van der Waals surface area contributed by atoms with E-state index >= 15 is 0 Å². The average molecular weight is 488 g/mol. The predicted octanol–water partition coefficient (Wildman–Crippen LogP) is -2.91. The van der Waals surface area contributed by atoms with Gasteiger partial charge in [0.05, 0.1) is 13.0 Å². The van der Waals surface area contributed by atoms with Crippen LogP contribution in [0.1, 0.15) is 38.5 Å². The highest BCUT2D eigenvalue weighted by atomic mass is 16.4. The quantitative estimate of drug-likeness (QED) is 0.0908. The van der Waals surface area contributed by atoms with Gasteiger partial charge in [-0.05, 0) is 38.6 Å². The Kier molecular flexibility index (Phi) is 11.5. The van der Waals surface area contributed by atoms with Crippen molar-refractivity contribution in [2.24, 2.45) is 16.6 Å².